The van der Waals surface area contributed by atoms with Crippen molar-refractivity contribution < 1.29 is 14.3 Å². The van der Waals surface area contributed by atoms with Gasteiger partial charge in [0.15, 0.2) is 6.10 Å². The van der Waals surface area contributed by atoms with E-state index in [-0.39, 0.29) is 11.8 Å². The van der Waals surface area contributed by atoms with Gasteiger partial charge in [-0.1, -0.05) is 60.7 Å². The summed E-state index contributed by atoms with van der Waals surface area (Å²) in [6.07, 6.45) is 0.519. The van der Waals surface area contributed by atoms with Crippen LogP contribution in [0.15, 0.2) is 78.9 Å². The zero-order chi connectivity index (χ0) is 20.9. The minimum Gasteiger partial charge on any atom is -0.479 e. The number of aryl methyl sites for hydroxylation is 1. The second kappa shape index (κ2) is 8.82. The van der Waals surface area contributed by atoms with Crippen LogP contribution in [-0.4, -0.2) is 17.9 Å². The molecule has 3 aromatic carbocycles. The van der Waals surface area contributed by atoms with Crippen molar-refractivity contribution in [2.24, 2.45) is 0 Å². The summed E-state index contributed by atoms with van der Waals surface area (Å²) in [6.45, 7) is 2.20. The number of hydrogen-bond donors (Lipinski definition) is 1. The van der Waals surface area contributed by atoms with Crippen LogP contribution >= 0.6 is 0 Å². The maximum Gasteiger partial charge on any atom is 0.268 e. The number of amides is 2. The van der Waals surface area contributed by atoms with E-state index < -0.39 is 6.10 Å². The fraction of sp³-hybridized carbons (Fsp3) is 0.200. The van der Waals surface area contributed by atoms with Gasteiger partial charge in [-0.15, -0.1) is 0 Å². The van der Waals surface area contributed by atoms with E-state index in [0.29, 0.717) is 36.5 Å². The topological polar surface area (TPSA) is 58.6 Å². The Bertz CT molecular complexity index is 1030. The second-order valence-corrected chi connectivity index (χ2v) is 7.39. The summed E-state index contributed by atoms with van der Waals surface area (Å²) in [6, 6.07) is 25.2. The molecule has 3 aromatic rings. The average Bonchev–Trinajstić information content (AvgIpc) is 2.77. The molecule has 0 aliphatic carbocycles. The van der Waals surface area contributed by atoms with Crippen molar-refractivity contribution in [2.45, 2.75) is 32.4 Å². The Balaban J connectivity index is 1.50. The van der Waals surface area contributed by atoms with Gasteiger partial charge in [-0.3, -0.25) is 9.59 Å². The molecule has 4 rings (SSSR count). The largest absolute Gasteiger partial charge is 0.479 e. The number of rotatable bonds is 6. The molecular weight excluding hydrogens is 376 g/mol. The molecule has 1 aliphatic heterocycles. The highest BCUT2D eigenvalue weighted by Crippen LogP contribution is 2.37. The van der Waals surface area contributed by atoms with Crippen LogP contribution in [0, 0.1) is 0 Å². The number of carbonyl (C=O) groups excluding carboxylic acids is 2. The summed E-state index contributed by atoms with van der Waals surface area (Å²) in [5.41, 5.74) is 3.47. The minimum atomic E-state index is -0.549. The van der Waals surface area contributed by atoms with Gasteiger partial charge in [0, 0.05) is 12.1 Å². The average molecular weight is 400 g/mol. The van der Waals surface area contributed by atoms with Gasteiger partial charge >= 0.3 is 0 Å². The Morgan fingerprint density at radius 1 is 0.967 bits per heavy atom. The van der Waals surface area contributed by atoms with E-state index in [9.17, 15) is 9.59 Å². The third-order valence-corrected chi connectivity index (χ3v) is 5.12. The molecule has 5 nitrogen and oxygen atoms in total. The summed E-state index contributed by atoms with van der Waals surface area (Å²) in [5.74, 6) is 0.476. The molecule has 0 fully saturated rings. The van der Waals surface area contributed by atoms with Crippen molar-refractivity contribution >= 4 is 23.2 Å². The van der Waals surface area contributed by atoms with E-state index in [0.717, 1.165) is 11.1 Å². The zero-order valence-corrected chi connectivity index (χ0v) is 16.9. The molecule has 30 heavy (non-hydrogen) atoms. The summed E-state index contributed by atoms with van der Waals surface area (Å²) < 4.78 is 5.77. The molecule has 0 saturated carbocycles. The minimum absolute atomic E-state index is 0.0650. The normalized spacial score (nSPS) is 15.3. The van der Waals surface area contributed by atoms with Gasteiger partial charge < -0.3 is 15.0 Å². The predicted octanol–water partition coefficient (Wildman–Crippen LogP) is 4.57. The maximum atomic E-state index is 12.8. The highest BCUT2D eigenvalue weighted by atomic mass is 16.5. The van der Waals surface area contributed by atoms with Gasteiger partial charge in [0.05, 0.1) is 12.2 Å². The van der Waals surface area contributed by atoms with E-state index in [2.05, 4.69) is 5.32 Å². The van der Waals surface area contributed by atoms with Crippen molar-refractivity contribution in [3.8, 4) is 5.75 Å². The van der Waals surface area contributed by atoms with Crippen LogP contribution in [0.5, 0.6) is 5.75 Å². The number of benzene rings is 3. The van der Waals surface area contributed by atoms with Crippen molar-refractivity contribution in [3.63, 3.8) is 0 Å². The first-order chi connectivity index (χ1) is 14.6. The van der Waals surface area contributed by atoms with E-state index in [4.69, 9.17) is 4.74 Å². The van der Waals surface area contributed by atoms with Crippen molar-refractivity contribution in [1.29, 1.82) is 0 Å². The number of hydrogen-bond acceptors (Lipinski definition) is 3. The molecule has 0 aromatic heterocycles. The molecule has 1 N–H and O–H groups in total. The third kappa shape index (κ3) is 4.51. The van der Waals surface area contributed by atoms with Crippen LogP contribution < -0.4 is 15.0 Å². The van der Waals surface area contributed by atoms with Gasteiger partial charge in [0.2, 0.25) is 5.91 Å². The first-order valence-corrected chi connectivity index (χ1v) is 10.1. The number of anilines is 2. The third-order valence-electron chi connectivity index (χ3n) is 5.12. The highest BCUT2D eigenvalue weighted by molar-refractivity contribution is 6.01. The quantitative estimate of drug-likeness (QED) is 0.659. The van der Waals surface area contributed by atoms with Gasteiger partial charge in [0.1, 0.15) is 5.75 Å². The lowest BCUT2D eigenvalue weighted by Gasteiger charge is -2.33. The molecule has 5 heteroatoms. The SMILES string of the molecule is CC1Oc2ccc(NC(=O)CCc3ccccc3)cc2N(Cc2ccccc2)C1=O. The van der Waals surface area contributed by atoms with Gasteiger partial charge in [0.25, 0.3) is 5.91 Å². The monoisotopic (exact) mass is 400 g/mol. The van der Waals surface area contributed by atoms with E-state index in [1.165, 1.54) is 0 Å². The lowest BCUT2D eigenvalue weighted by atomic mass is 10.1. The van der Waals surface area contributed by atoms with E-state index in [1.807, 2.05) is 78.9 Å². The zero-order valence-electron chi connectivity index (χ0n) is 16.9. The number of carbonyl (C=O) groups is 2. The fourth-order valence-electron chi connectivity index (χ4n) is 3.54. The summed E-state index contributed by atoms with van der Waals surface area (Å²) in [7, 11) is 0. The summed E-state index contributed by atoms with van der Waals surface area (Å²) in [5, 5.41) is 2.94. The van der Waals surface area contributed by atoms with Crippen LogP contribution in [0.25, 0.3) is 0 Å². The first-order valence-electron chi connectivity index (χ1n) is 10.1. The maximum absolute atomic E-state index is 12.8. The molecule has 2 amide bonds. The Hall–Kier alpha value is -3.60. The predicted molar refractivity (Wildman–Crippen MR) is 118 cm³/mol. The number of ether oxygens (including phenoxy) is 1. The molecule has 1 aliphatic rings. The van der Waals surface area contributed by atoms with Crippen molar-refractivity contribution in [2.75, 3.05) is 10.2 Å². The highest BCUT2D eigenvalue weighted by Gasteiger charge is 2.31. The molecule has 1 heterocycles. The molecule has 1 unspecified atom stereocenters. The molecular formula is C25H24N2O3. The van der Waals surface area contributed by atoms with Crippen LogP contribution in [0.2, 0.25) is 0 Å². The number of nitrogens with zero attached hydrogens (tertiary/aromatic N) is 1. The van der Waals surface area contributed by atoms with Gasteiger partial charge in [-0.2, -0.15) is 0 Å². The van der Waals surface area contributed by atoms with Crippen LogP contribution in [-0.2, 0) is 22.6 Å². The van der Waals surface area contributed by atoms with Crippen LogP contribution in [0.1, 0.15) is 24.5 Å². The Kier molecular flexibility index (Phi) is 5.80. The Labute approximate surface area is 176 Å². The molecule has 152 valence electrons. The van der Waals surface area contributed by atoms with Gasteiger partial charge in [-0.05, 0) is 42.7 Å². The molecule has 0 radical (unpaired) electrons. The lowest BCUT2D eigenvalue weighted by molar-refractivity contribution is -0.125. The second-order valence-electron chi connectivity index (χ2n) is 7.39. The Morgan fingerprint density at radius 3 is 2.33 bits per heavy atom. The van der Waals surface area contributed by atoms with Crippen LogP contribution in [0.3, 0.4) is 0 Å². The smallest absolute Gasteiger partial charge is 0.268 e. The number of fused-ring (bicyclic) bond motifs is 1. The molecule has 0 saturated heterocycles. The van der Waals surface area contributed by atoms with Gasteiger partial charge in [-0.25, -0.2) is 0 Å². The molecule has 1 atom stereocenters. The fourth-order valence-corrected chi connectivity index (χ4v) is 3.54. The molecule has 0 spiro atoms. The molecule has 0 bridgehead atoms. The van der Waals surface area contributed by atoms with Crippen LogP contribution in [0.4, 0.5) is 11.4 Å². The first kappa shape index (κ1) is 19.7. The van der Waals surface area contributed by atoms with E-state index in [1.54, 1.807) is 11.8 Å². The summed E-state index contributed by atoms with van der Waals surface area (Å²) in [4.78, 5) is 26.9. The standard InChI is InChI=1S/C25H24N2O3/c1-18-25(29)27(17-20-10-6-3-7-11-20)22-16-21(13-14-23(22)30-18)26-24(28)15-12-19-8-4-2-5-9-19/h2-11,13-14,16,18H,12,15,17H2,1H3,(H,26,28). The lowest BCUT2D eigenvalue weighted by Crippen LogP contribution is -2.44. The van der Waals surface area contributed by atoms with Crippen molar-refractivity contribution in [3.05, 3.63) is 90.0 Å². The van der Waals surface area contributed by atoms with E-state index >= 15 is 0 Å². The van der Waals surface area contributed by atoms with Crippen molar-refractivity contribution in [1.82, 2.24) is 0 Å². The Morgan fingerprint density at radius 2 is 1.63 bits per heavy atom. The number of nitrogens with one attached hydrogen (secondary N) is 1. The summed E-state index contributed by atoms with van der Waals surface area (Å²) >= 11 is 0.